The van der Waals surface area contributed by atoms with E-state index in [-0.39, 0.29) is 22.1 Å². The summed E-state index contributed by atoms with van der Waals surface area (Å²) in [7, 11) is -7.06. The van der Waals surface area contributed by atoms with Crippen LogP contribution in [-0.4, -0.2) is 29.1 Å². The number of hydrogen-bond donors (Lipinski definition) is 2. The van der Waals surface area contributed by atoms with Crippen molar-refractivity contribution in [2.45, 2.75) is 9.79 Å². The first-order valence-corrected chi connectivity index (χ1v) is 9.63. The number of benzene rings is 2. The van der Waals surface area contributed by atoms with Gasteiger partial charge in [0.1, 0.15) is 0 Å². The van der Waals surface area contributed by atoms with Crippen LogP contribution in [0.25, 0.3) is 0 Å². The Morgan fingerprint density at radius 1 is 0.818 bits per heavy atom. The lowest BCUT2D eigenvalue weighted by atomic mass is 10.3. The van der Waals surface area contributed by atoms with Gasteiger partial charge in [-0.2, -0.15) is 0 Å². The van der Waals surface area contributed by atoms with Crippen molar-refractivity contribution < 1.29 is 16.8 Å². The Morgan fingerprint density at radius 2 is 1.41 bits per heavy atom. The van der Waals surface area contributed by atoms with E-state index in [2.05, 4.69) is 5.32 Å². The van der Waals surface area contributed by atoms with Crippen LogP contribution in [0, 0.1) is 0 Å². The lowest BCUT2D eigenvalue weighted by Crippen LogP contribution is -2.16. The van der Waals surface area contributed by atoms with E-state index in [4.69, 9.17) is 5.14 Å². The Kier molecular flexibility index (Phi) is 4.84. The maximum atomic E-state index is 12.1. The second-order valence-corrected chi connectivity index (χ2v) is 8.30. The second kappa shape index (κ2) is 6.47. The normalized spacial score (nSPS) is 12.0. The van der Waals surface area contributed by atoms with Crippen LogP contribution in [0.3, 0.4) is 0 Å². The summed E-state index contributed by atoms with van der Waals surface area (Å²) in [5, 5.41) is 7.94. The summed E-state index contributed by atoms with van der Waals surface area (Å²) in [5.74, 6) is -0.0616. The Balaban J connectivity index is 1.97. The van der Waals surface area contributed by atoms with Crippen LogP contribution < -0.4 is 10.5 Å². The molecular weight excluding hydrogens is 324 g/mol. The molecule has 6 nitrogen and oxygen atoms in total. The summed E-state index contributed by atoms with van der Waals surface area (Å²) in [6, 6.07) is 14.0. The first kappa shape index (κ1) is 16.5. The molecule has 0 amide bonds. The molecule has 0 bridgehead atoms. The number of anilines is 1. The predicted octanol–water partition coefficient (Wildman–Crippen LogP) is 1.22. The van der Waals surface area contributed by atoms with E-state index in [1.54, 1.807) is 30.3 Å². The van der Waals surface area contributed by atoms with Crippen molar-refractivity contribution in [1.82, 2.24) is 0 Å². The molecule has 0 spiro atoms. The SMILES string of the molecule is NS(=O)(=O)c1ccc(NCCS(=O)(=O)c2ccccc2)cc1. The van der Waals surface area contributed by atoms with E-state index in [9.17, 15) is 16.8 Å². The summed E-state index contributed by atoms with van der Waals surface area (Å²) in [6.45, 7) is 0.214. The van der Waals surface area contributed by atoms with Crippen LogP contribution >= 0.6 is 0 Å². The van der Waals surface area contributed by atoms with Crippen molar-refractivity contribution in [2.24, 2.45) is 5.14 Å². The molecule has 0 aliphatic heterocycles. The number of rotatable bonds is 6. The minimum atomic E-state index is -3.72. The van der Waals surface area contributed by atoms with Gasteiger partial charge in [0, 0.05) is 12.2 Å². The van der Waals surface area contributed by atoms with Crippen LogP contribution in [0.5, 0.6) is 0 Å². The van der Waals surface area contributed by atoms with E-state index >= 15 is 0 Å². The number of nitrogens with one attached hydrogen (secondary N) is 1. The maximum Gasteiger partial charge on any atom is 0.238 e. The standard InChI is InChI=1S/C14H16N2O4S2/c15-22(19,20)14-8-6-12(7-9-14)16-10-11-21(17,18)13-4-2-1-3-5-13/h1-9,16H,10-11H2,(H2,15,19,20). The number of sulfone groups is 1. The third-order valence-electron chi connectivity index (χ3n) is 2.99. The van der Waals surface area contributed by atoms with Gasteiger partial charge < -0.3 is 5.32 Å². The third-order valence-corrected chi connectivity index (χ3v) is 5.65. The quantitative estimate of drug-likeness (QED) is 0.822. The molecule has 0 radical (unpaired) electrons. The lowest BCUT2D eigenvalue weighted by Gasteiger charge is -2.08. The summed E-state index contributed by atoms with van der Waals surface area (Å²) >= 11 is 0. The Morgan fingerprint density at radius 3 is 1.95 bits per heavy atom. The lowest BCUT2D eigenvalue weighted by molar-refractivity contribution is 0.595. The van der Waals surface area contributed by atoms with E-state index in [1.807, 2.05) is 0 Å². The van der Waals surface area contributed by atoms with E-state index in [0.717, 1.165) is 0 Å². The molecule has 0 aliphatic rings. The molecule has 0 saturated heterocycles. The van der Waals surface area contributed by atoms with E-state index < -0.39 is 19.9 Å². The summed E-state index contributed by atoms with van der Waals surface area (Å²) < 4.78 is 46.4. The molecule has 8 heteroatoms. The molecule has 2 aromatic carbocycles. The highest BCUT2D eigenvalue weighted by atomic mass is 32.2. The zero-order valence-corrected chi connectivity index (χ0v) is 13.3. The minimum absolute atomic E-state index is 0.00922. The largest absolute Gasteiger partial charge is 0.384 e. The molecule has 0 saturated carbocycles. The zero-order valence-electron chi connectivity index (χ0n) is 11.6. The molecular formula is C14H16N2O4S2. The van der Waals surface area contributed by atoms with Crippen LogP contribution in [0.2, 0.25) is 0 Å². The molecule has 0 aromatic heterocycles. The van der Waals surface area contributed by atoms with Crippen LogP contribution in [-0.2, 0) is 19.9 Å². The minimum Gasteiger partial charge on any atom is -0.384 e. The zero-order chi connectivity index (χ0) is 16.2. The number of hydrogen-bond acceptors (Lipinski definition) is 5. The maximum absolute atomic E-state index is 12.1. The molecule has 2 aromatic rings. The van der Waals surface area contributed by atoms with Crippen molar-refractivity contribution >= 4 is 25.5 Å². The van der Waals surface area contributed by atoms with Crippen molar-refractivity contribution in [2.75, 3.05) is 17.6 Å². The Bertz CT molecular complexity index is 830. The topological polar surface area (TPSA) is 106 Å². The fraction of sp³-hybridized carbons (Fsp3) is 0.143. The molecule has 0 unspecified atom stereocenters. The summed E-state index contributed by atoms with van der Waals surface area (Å²) in [6.07, 6.45) is 0. The van der Waals surface area contributed by atoms with Crippen LogP contribution in [0.15, 0.2) is 64.4 Å². The molecule has 0 heterocycles. The highest BCUT2D eigenvalue weighted by molar-refractivity contribution is 7.91. The van der Waals surface area contributed by atoms with Crippen LogP contribution in [0.1, 0.15) is 0 Å². The van der Waals surface area contributed by atoms with Gasteiger partial charge in [0.05, 0.1) is 15.5 Å². The van der Waals surface area contributed by atoms with Gasteiger partial charge in [-0.05, 0) is 36.4 Å². The Labute approximate surface area is 129 Å². The summed E-state index contributed by atoms with van der Waals surface area (Å²) in [4.78, 5) is 0.288. The highest BCUT2D eigenvalue weighted by Crippen LogP contribution is 2.13. The number of sulfonamides is 1. The molecule has 22 heavy (non-hydrogen) atoms. The first-order valence-electron chi connectivity index (χ1n) is 6.43. The third kappa shape index (κ3) is 4.30. The van der Waals surface area contributed by atoms with Gasteiger partial charge in [0.25, 0.3) is 0 Å². The Hall–Kier alpha value is -1.90. The fourth-order valence-corrected chi connectivity index (χ4v) is 3.53. The molecule has 0 atom stereocenters. The van der Waals surface area contributed by atoms with Gasteiger partial charge in [-0.3, -0.25) is 0 Å². The van der Waals surface area contributed by atoms with Crippen molar-refractivity contribution in [1.29, 1.82) is 0 Å². The van der Waals surface area contributed by atoms with Gasteiger partial charge >= 0.3 is 0 Å². The molecule has 0 fully saturated rings. The fourth-order valence-electron chi connectivity index (χ4n) is 1.84. The smallest absolute Gasteiger partial charge is 0.238 e. The highest BCUT2D eigenvalue weighted by Gasteiger charge is 2.13. The second-order valence-electron chi connectivity index (χ2n) is 4.63. The van der Waals surface area contributed by atoms with Crippen molar-refractivity contribution in [3.63, 3.8) is 0 Å². The van der Waals surface area contributed by atoms with Gasteiger partial charge in [-0.25, -0.2) is 22.0 Å². The van der Waals surface area contributed by atoms with Gasteiger partial charge in [0.15, 0.2) is 9.84 Å². The molecule has 118 valence electrons. The number of primary sulfonamides is 1. The number of nitrogens with two attached hydrogens (primary N) is 1. The molecule has 2 rings (SSSR count). The van der Waals surface area contributed by atoms with E-state index in [0.29, 0.717) is 5.69 Å². The van der Waals surface area contributed by atoms with Crippen molar-refractivity contribution in [3.05, 3.63) is 54.6 Å². The van der Waals surface area contributed by atoms with Gasteiger partial charge in [-0.1, -0.05) is 18.2 Å². The first-order chi connectivity index (χ1) is 10.3. The predicted molar refractivity (Wildman–Crippen MR) is 84.8 cm³/mol. The molecule has 0 aliphatic carbocycles. The van der Waals surface area contributed by atoms with Gasteiger partial charge in [0.2, 0.25) is 10.0 Å². The average Bonchev–Trinajstić information content (AvgIpc) is 2.48. The molecule has 3 N–H and O–H groups in total. The monoisotopic (exact) mass is 340 g/mol. The van der Waals surface area contributed by atoms with Gasteiger partial charge in [-0.15, -0.1) is 0 Å². The average molecular weight is 340 g/mol. The summed E-state index contributed by atoms with van der Waals surface area (Å²) in [5.41, 5.74) is 0.621. The van der Waals surface area contributed by atoms with E-state index in [1.165, 1.54) is 24.3 Å². The van der Waals surface area contributed by atoms with Crippen LogP contribution in [0.4, 0.5) is 5.69 Å². The van der Waals surface area contributed by atoms with Crippen molar-refractivity contribution in [3.8, 4) is 0 Å².